The highest BCUT2D eigenvalue weighted by atomic mass is 32.2. The fourth-order valence-corrected chi connectivity index (χ4v) is 5.64. The summed E-state index contributed by atoms with van der Waals surface area (Å²) in [5.74, 6) is -4.06. The third-order valence-corrected chi connectivity index (χ3v) is 8.12. The lowest BCUT2D eigenvalue weighted by Crippen LogP contribution is -2.42. The lowest BCUT2D eigenvalue weighted by Gasteiger charge is -2.23. The van der Waals surface area contributed by atoms with Crippen molar-refractivity contribution in [3.05, 3.63) is 35.2 Å². The molecular formula is C20H27N3O9S3. The van der Waals surface area contributed by atoms with Crippen molar-refractivity contribution in [2.75, 3.05) is 39.9 Å². The number of nitrogens with two attached hydrogens (primary N) is 1. The number of benzene rings is 1. The Labute approximate surface area is 208 Å². The van der Waals surface area contributed by atoms with Gasteiger partial charge in [0.2, 0.25) is 0 Å². The summed E-state index contributed by atoms with van der Waals surface area (Å²) in [5.41, 5.74) is 1.22. The summed E-state index contributed by atoms with van der Waals surface area (Å²) in [5, 5.41) is 7.78. The summed E-state index contributed by atoms with van der Waals surface area (Å²) in [4.78, 5) is 24.9. The fourth-order valence-electron chi connectivity index (χ4n) is 3.68. The number of likely N-dealkylation sites (tertiary alicyclic amines) is 1. The molecule has 1 unspecified atom stereocenters. The van der Waals surface area contributed by atoms with Crippen LogP contribution in [0.15, 0.2) is 29.6 Å². The smallest absolute Gasteiger partial charge is 0.381 e. The topological polar surface area (TPSA) is 163 Å². The molecule has 12 nitrogen and oxygen atoms in total. The zero-order valence-corrected chi connectivity index (χ0v) is 21.4. The summed E-state index contributed by atoms with van der Waals surface area (Å²) in [6, 6.07) is 8.01. The van der Waals surface area contributed by atoms with Crippen LogP contribution in [0.4, 0.5) is 0 Å². The maximum absolute atomic E-state index is 12.3. The van der Waals surface area contributed by atoms with Crippen LogP contribution in [0.25, 0.3) is 10.1 Å². The third-order valence-electron chi connectivity index (χ3n) is 5.47. The molecule has 1 aromatic heterocycles. The van der Waals surface area contributed by atoms with Gasteiger partial charge in [-0.3, -0.25) is 0 Å². The Morgan fingerprint density at radius 1 is 1.14 bits per heavy atom. The van der Waals surface area contributed by atoms with E-state index in [-0.39, 0.29) is 0 Å². The SMILES string of the molecule is CN(C1CCN(CCCOCCc2ccc3sccc3c2)C1)S(=O)(=O)OC(=O)C(=O)OS(N)(=O)=O. The van der Waals surface area contributed by atoms with Crippen LogP contribution >= 0.6 is 11.3 Å². The molecule has 0 spiro atoms. The van der Waals surface area contributed by atoms with Crippen molar-refractivity contribution >= 4 is 54.0 Å². The van der Waals surface area contributed by atoms with Crippen LogP contribution in [0.3, 0.4) is 0 Å². The van der Waals surface area contributed by atoms with Gasteiger partial charge in [-0.15, -0.1) is 11.3 Å². The van der Waals surface area contributed by atoms with E-state index in [0.717, 1.165) is 17.1 Å². The van der Waals surface area contributed by atoms with Gasteiger partial charge < -0.3 is 18.0 Å². The maximum Gasteiger partial charge on any atom is 0.435 e. The largest absolute Gasteiger partial charge is 0.435 e. The summed E-state index contributed by atoms with van der Waals surface area (Å²) >= 11 is 1.71. The number of carbonyl (C=O) groups excluding carboxylic acids is 2. The molecule has 1 aliphatic heterocycles. The second kappa shape index (κ2) is 11.7. The van der Waals surface area contributed by atoms with E-state index in [1.807, 2.05) is 0 Å². The van der Waals surface area contributed by atoms with Crippen LogP contribution in [0.2, 0.25) is 0 Å². The number of carbonyl (C=O) groups is 2. The van der Waals surface area contributed by atoms with E-state index >= 15 is 0 Å². The summed E-state index contributed by atoms with van der Waals surface area (Å²) in [6.07, 6.45) is 2.08. The minimum atomic E-state index is -4.78. The van der Waals surface area contributed by atoms with Crippen molar-refractivity contribution in [1.29, 1.82) is 0 Å². The van der Waals surface area contributed by atoms with Gasteiger partial charge in [0.05, 0.1) is 6.61 Å². The molecule has 2 heterocycles. The molecular weight excluding hydrogens is 522 g/mol. The highest BCUT2D eigenvalue weighted by Gasteiger charge is 2.36. The lowest BCUT2D eigenvalue weighted by molar-refractivity contribution is -0.155. The Bertz CT molecular complexity index is 1260. The molecule has 0 amide bonds. The zero-order valence-electron chi connectivity index (χ0n) is 19.0. The van der Waals surface area contributed by atoms with Crippen LogP contribution in [-0.4, -0.2) is 83.9 Å². The number of likely N-dealkylation sites (N-methyl/N-ethyl adjacent to an activating group) is 1. The molecule has 0 saturated carbocycles. The molecule has 1 saturated heterocycles. The van der Waals surface area contributed by atoms with Gasteiger partial charge in [0.25, 0.3) is 0 Å². The van der Waals surface area contributed by atoms with Gasteiger partial charge in [-0.1, -0.05) is 12.1 Å². The van der Waals surface area contributed by atoms with Crippen LogP contribution < -0.4 is 5.14 Å². The highest BCUT2D eigenvalue weighted by Crippen LogP contribution is 2.22. The molecule has 1 fully saturated rings. The number of hydrogen-bond acceptors (Lipinski definition) is 11. The van der Waals surface area contributed by atoms with E-state index in [1.54, 1.807) is 11.3 Å². The van der Waals surface area contributed by atoms with Crippen molar-refractivity contribution in [2.45, 2.75) is 25.3 Å². The molecule has 15 heteroatoms. The van der Waals surface area contributed by atoms with Crippen molar-refractivity contribution < 1.29 is 39.5 Å². The van der Waals surface area contributed by atoms with E-state index in [0.29, 0.717) is 39.3 Å². The van der Waals surface area contributed by atoms with Gasteiger partial charge in [-0.25, -0.2) is 9.59 Å². The van der Waals surface area contributed by atoms with Crippen LogP contribution in [0.5, 0.6) is 0 Å². The molecule has 35 heavy (non-hydrogen) atoms. The molecule has 0 radical (unpaired) electrons. The van der Waals surface area contributed by atoms with Gasteiger partial charge in [-0.05, 0) is 54.3 Å². The summed E-state index contributed by atoms with van der Waals surface area (Å²) in [6.45, 7) is 2.91. The fraction of sp³-hybridized carbons (Fsp3) is 0.500. The molecule has 2 aromatic rings. The summed E-state index contributed by atoms with van der Waals surface area (Å²) in [7, 11) is -8.21. The standard InChI is InChI=1S/C20H27N3O9S3/c1-22(35(28,29)32-20(25)19(24)31-34(21,26)27)17-5-9-23(14-17)8-2-10-30-11-6-15-3-4-18-16(13-15)7-12-33-18/h3-4,7,12-13,17H,2,5-6,8-11,14H2,1H3,(H2,21,26,27). The van der Waals surface area contributed by atoms with Crippen molar-refractivity contribution in [1.82, 2.24) is 9.21 Å². The molecule has 2 N–H and O–H groups in total. The van der Waals surface area contributed by atoms with Crippen molar-refractivity contribution in [3.8, 4) is 0 Å². The highest BCUT2D eigenvalue weighted by molar-refractivity contribution is 7.85. The molecule has 1 atom stereocenters. The van der Waals surface area contributed by atoms with Gasteiger partial charge in [-0.2, -0.15) is 26.3 Å². The lowest BCUT2D eigenvalue weighted by atomic mass is 10.1. The second-order valence-corrected chi connectivity index (χ2v) is 11.7. The van der Waals surface area contributed by atoms with Crippen molar-refractivity contribution in [3.63, 3.8) is 0 Å². The average Bonchev–Trinajstić information content (AvgIpc) is 3.43. The number of nitrogens with zero attached hydrogens (tertiary/aromatic N) is 2. The van der Waals surface area contributed by atoms with E-state index in [2.05, 4.69) is 48.1 Å². The Hall–Kier alpha value is -2.14. The second-order valence-electron chi connectivity index (χ2n) is 7.96. The first kappa shape index (κ1) is 27.4. The molecule has 0 aliphatic carbocycles. The molecule has 1 aliphatic rings. The quantitative estimate of drug-likeness (QED) is 0.306. The average molecular weight is 550 g/mol. The Kier molecular flexibility index (Phi) is 9.20. The monoisotopic (exact) mass is 549 g/mol. The van der Waals surface area contributed by atoms with Gasteiger partial charge in [0, 0.05) is 37.5 Å². The molecule has 0 bridgehead atoms. The zero-order chi connectivity index (χ0) is 25.6. The van der Waals surface area contributed by atoms with E-state index in [4.69, 9.17) is 4.74 Å². The van der Waals surface area contributed by atoms with E-state index < -0.39 is 38.6 Å². The van der Waals surface area contributed by atoms with Gasteiger partial charge in [0.15, 0.2) is 0 Å². The Morgan fingerprint density at radius 3 is 2.63 bits per heavy atom. The van der Waals surface area contributed by atoms with Crippen LogP contribution in [0.1, 0.15) is 18.4 Å². The first-order valence-electron chi connectivity index (χ1n) is 10.7. The molecule has 3 rings (SSSR count). The van der Waals surface area contributed by atoms with E-state index in [9.17, 15) is 26.4 Å². The predicted molar refractivity (Wildman–Crippen MR) is 128 cm³/mol. The number of thiophene rings is 1. The first-order chi connectivity index (χ1) is 16.4. The number of hydrogen-bond donors (Lipinski definition) is 1. The predicted octanol–water partition coefficient (Wildman–Crippen LogP) is 0.391. The summed E-state index contributed by atoms with van der Waals surface area (Å²) < 4.78 is 61.5. The number of ether oxygens (including phenoxy) is 1. The Balaban J connectivity index is 1.35. The molecule has 1 aromatic carbocycles. The number of fused-ring (bicyclic) bond motifs is 1. The van der Waals surface area contributed by atoms with Gasteiger partial charge >= 0.3 is 32.5 Å². The minimum Gasteiger partial charge on any atom is -0.381 e. The number of rotatable bonds is 11. The Morgan fingerprint density at radius 2 is 1.89 bits per heavy atom. The normalized spacial score (nSPS) is 17.2. The van der Waals surface area contributed by atoms with E-state index in [1.165, 1.54) is 22.7 Å². The molecule has 194 valence electrons. The van der Waals surface area contributed by atoms with Crippen LogP contribution in [0, 0.1) is 0 Å². The third kappa shape index (κ3) is 8.20. The first-order valence-corrected chi connectivity index (χ1v) is 14.4. The van der Waals surface area contributed by atoms with Crippen molar-refractivity contribution in [2.24, 2.45) is 5.14 Å². The minimum absolute atomic E-state index is 0.398. The maximum atomic E-state index is 12.3. The van der Waals surface area contributed by atoms with Crippen LogP contribution in [-0.2, 0) is 49.7 Å². The van der Waals surface area contributed by atoms with Gasteiger partial charge in [0.1, 0.15) is 0 Å².